The highest BCUT2D eigenvalue weighted by molar-refractivity contribution is 7.90. The van der Waals surface area contributed by atoms with Crippen LogP contribution in [0.2, 0.25) is 0 Å². The Bertz CT molecular complexity index is 2090. The minimum absolute atomic E-state index is 0.0353. The van der Waals surface area contributed by atoms with Gasteiger partial charge in [0.2, 0.25) is 0 Å². The van der Waals surface area contributed by atoms with Gasteiger partial charge in [-0.15, -0.1) is 13.2 Å². The van der Waals surface area contributed by atoms with Crippen LogP contribution in [-0.2, 0) is 21.9 Å². The van der Waals surface area contributed by atoms with Crippen molar-refractivity contribution < 1.29 is 40.2 Å². The molecule has 0 aliphatic heterocycles. The van der Waals surface area contributed by atoms with Crippen LogP contribution < -0.4 is 4.74 Å². The number of aromatic nitrogens is 3. The number of oxazole rings is 1. The Morgan fingerprint density at radius 3 is 2.28 bits per heavy atom. The first kappa shape index (κ1) is 32.4. The van der Waals surface area contributed by atoms with Crippen molar-refractivity contribution in [3.8, 4) is 51.2 Å². The van der Waals surface area contributed by atoms with Crippen molar-refractivity contribution in [3.63, 3.8) is 0 Å². The number of nitrogens with zero attached hydrogens (tertiary/aromatic N) is 4. The first-order chi connectivity index (χ1) is 21.5. The average Bonchev–Trinajstić information content (AvgIpc) is 3.63. The van der Waals surface area contributed by atoms with Gasteiger partial charge in [-0.3, -0.25) is 0 Å². The quantitative estimate of drug-likeness (QED) is 0.179. The lowest BCUT2D eigenvalue weighted by Gasteiger charge is -2.17. The Labute approximate surface area is 261 Å². The van der Waals surface area contributed by atoms with Gasteiger partial charge in [-0.25, -0.2) is 22.5 Å². The number of nitriles is 1. The van der Waals surface area contributed by atoms with Crippen LogP contribution in [0.5, 0.6) is 5.75 Å². The third kappa shape index (κ3) is 6.51. The fraction of sp³-hybridized carbons (Fsp3) is 0.219. The van der Waals surface area contributed by atoms with Gasteiger partial charge >= 0.3 is 6.36 Å². The summed E-state index contributed by atoms with van der Waals surface area (Å²) in [4.78, 5) is 4.23. The van der Waals surface area contributed by atoms with E-state index >= 15 is 0 Å². The van der Waals surface area contributed by atoms with Crippen molar-refractivity contribution >= 4 is 9.84 Å². The molecule has 0 spiro atoms. The molecule has 46 heavy (non-hydrogen) atoms. The third-order valence-electron chi connectivity index (χ3n) is 7.11. The third-order valence-corrected chi connectivity index (χ3v) is 8.22. The molecule has 0 aliphatic carbocycles. The van der Waals surface area contributed by atoms with Gasteiger partial charge in [-0.05, 0) is 73.5 Å². The molecule has 0 unspecified atom stereocenters. The highest BCUT2D eigenvalue weighted by Gasteiger charge is 2.32. The molecule has 0 atom stereocenters. The highest BCUT2D eigenvalue weighted by Crippen LogP contribution is 2.42. The lowest BCUT2D eigenvalue weighted by atomic mass is 9.92. The van der Waals surface area contributed by atoms with Crippen LogP contribution in [0.25, 0.3) is 39.4 Å². The van der Waals surface area contributed by atoms with E-state index in [1.165, 1.54) is 41.2 Å². The number of alkyl halides is 3. The summed E-state index contributed by atoms with van der Waals surface area (Å²) >= 11 is 0. The highest BCUT2D eigenvalue weighted by atomic mass is 32.2. The molecule has 5 rings (SSSR count). The van der Waals surface area contributed by atoms with E-state index in [-0.39, 0.29) is 50.2 Å². The molecule has 1 N–H and O–H groups in total. The van der Waals surface area contributed by atoms with E-state index in [0.717, 1.165) is 24.5 Å². The van der Waals surface area contributed by atoms with Gasteiger partial charge in [0.1, 0.15) is 17.3 Å². The number of aliphatic hydroxyl groups excluding tert-OH is 1. The molecule has 9 nitrogen and oxygen atoms in total. The number of hydrogen-bond donors (Lipinski definition) is 1. The number of aryl methyl sites for hydroxylation is 1. The van der Waals surface area contributed by atoms with E-state index in [1.807, 2.05) is 0 Å². The van der Waals surface area contributed by atoms with Crippen molar-refractivity contribution in [1.29, 1.82) is 5.26 Å². The molecule has 14 heteroatoms. The van der Waals surface area contributed by atoms with Crippen LogP contribution in [0, 0.1) is 24.1 Å². The SMILES string of the molecule is Cc1nc(-c2ccc(OC(F)(F)F)cc2)c(-c2cc(-c3ccc(CO)c(F)c3)cc(S(C)(=O)=O)c2-n2ccc(C(C)(C)C#N)n2)o1. The summed E-state index contributed by atoms with van der Waals surface area (Å²) in [6, 6.07) is 15.6. The summed E-state index contributed by atoms with van der Waals surface area (Å²) < 4.78 is 91.2. The van der Waals surface area contributed by atoms with Crippen molar-refractivity contribution in [1.82, 2.24) is 14.8 Å². The Morgan fingerprint density at radius 2 is 1.70 bits per heavy atom. The summed E-state index contributed by atoms with van der Waals surface area (Å²) in [5, 5.41) is 23.7. The molecular formula is C32H26F4N4O5S. The molecule has 0 amide bonds. The number of sulfone groups is 1. The fourth-order valence-corrected chi connectivity index (χ4v) is 5.68. The van der Waals surface area contributed by atoms with Crippen LogP contribution in [-0.4, -0.2) is 40.9 Å². The molecule has 0 saturated carbocycles. The molecule has 0 bridgehead atoms. The number of hydrogen-bond acceptors (Lipinski definition) is 8. The second kappa shape index (κ2) is 11.7. The van der Waals surface area contributed by atoms with Gasteiger partial charge in [0, 0.05) is 36.1 Å². The monoisotopic (exact) mass is 654 g/mol. The first-order valence-corrected chi connectivity index (χ1v) is 15.5. The second-order valence-electron chi connectivity index (χ2n) is 11.0. The zero-order valence-corrected chi connectivity index (χ0v) is 25.7. The summed E-state index contributed by atoms with van der Waals surface area (Å²) in [5.41, 5.74) is 0.584. The van der Waals surface area contributed by atoms with E-state index in [9.17, 15) is 36.3 Å². The van der Waals surface area contributed by atoms with Crippen LogP contribution in [0.3, 0.4) is 0 Å². The maximum atomic E-state index is 14.8. The number of rotatable bonds is 8. The maximum Gasteiger partial charge on any atom is 0.573 e. The Kier molecular flexibility index (Phi) is 8.27. The van der Waals surface area contributed by atoms with E-state index in [0.29, 0.717) is 11.3 Å². The van der Waals surface area contributed by atoms with Gasteiger partial charge in [-0.2, -0.15) is 10.4 Å². The molecule has 3 aromatic carbocycles. The van der Waals surface area contributed by atoms with Gasteiger partial charge in [0.05, 0.1) is 34.4 Å². The Morgan fingerprint density at radius 1 is 1.02 bits per heavy atom. The minimum atomic E-state index is -4.90. The largest absolute Gasteiger partial charge is 0.573 e. The summed E-state index contributed by atoms with van der Waals surface area (Å²) in [7, 11) is -4.04. The summed E-state index contributed by atoms with van der Waals surface area (Å²) in [5.74, 6) is -0.965. The lowest BCUT2D eigenvalue weighted by Crippen LogP contribution is -2.16. The average molecular weight is 655 g/mol. The van der Waals surface area contributed by atoms with Crippen molar-refractivity contribution in [2.24, 2.45) is 0 Å². The number of benzene rings is 3. The number of halogens is 4. The molecule has 2 heterocycles. The van der Waals surface area contributed by atoms with Crippen molar-refractivity contribution in [2.45, 2.75) is 44.1 Å². The van der Waals surface area contributed by atoms with Gasteiger partial charge in [-0.1, -0.05) is 12.1 Å². The Balaban J connectivity index is 1.82. The predicted molar refractivity (Wildman–Crippen MR) is 159 cm³/mol. The number of aliphatic hydroxyl groups is 1. The van der Waals surface area contributed by atoms with E-state index in [1.54, 1.807) is 32.9 Å². The zero-order chi connectivity index (χ0) is 33.6. The zero-order valence-electron chi connectivity index (χ0n) is 24.8. The minimum Gasteiger partial charge on any atom is -0.440 e. The van der Waals surface area contributed by atoms with Gasteiger partial charge in [0.25, 0.3) is 0 Å². The predicted octanol–water partition coefficient (Wildman–Crippen LogP) is 6.90. The fourth-order valence-electron chi connectivity index (χ4n) is 4.78. The first-order valence-electron chi connectivity index (χ1n) is 13.6. The van der Waals surface area contributed by atoms with E-state index < -0.39 is 39.8 Å². The molecule has 238 valence electrons. The molecule has 0 saturated heterocycles. The topological polar surface area (TPSA) is 131 Å². The molecular weight excluding hydrogens is 628 g/mol. The normalized spacial score (nSPS) is 12.3. The molecule has 0 aliphatic rings. The molecule has 0 fully saturated rings. The lowest BCUT2D eigenvalue weighted by molar-refractivity contribution is -0.274. The second-order valence-corrected chi connectivity index (χ2v) is 13.0. The van der Waals surface area contributed by atoms with Crippen LogP contribution in [0.15, 0.2) is 76.2 Å². The number of ether oxygens (including phenoxy) is 1. The van der Waals surface area contributed by atoms with Crippen molar-refractivity contribution in [2.75, 3.05) is 6.26 Å². The molecule has 5 aromatic rings. The summed E-state index contributed by atoms with van der Waals surface area (Å²) in [6.07, 6.45) is -2.42. The summed E-state index contributed by atoms with van der Waals surface area (Å²) in [6.45, 7) is 4.30. The van der Waals surface area contributed by atoms with Crippen molar-refractivity contribution in [3.05, 3.63) is 89.8 Å². The van der Waals surface area contributed by atoms with Crippen LogP contribution in [0.4, 0.5) is 17.6 Å². The molecule has 0 radical (unpaired) electrons. The van der Waals surface area contributed by atoms with Crippen LogP contribution >= 0.6 is 0 Å². The Hall–Kier alpha value is -5.00. The smallest absolute Gasteiger partial charge is 0.440 e. The molecule has 2 aromatic heterocycles. The van der Waals surface area contributed by atoms with Gasteiger partial charge < -0.3 is 14.3 Å². The standard InChI is InChI=1S/C32H26F4N4O5S/c1-18-38-28(19-7-9-23(10-8-19)45-32(34,35)36)30(44-18)24-13-22(20-5-6-21(16-41)25(33)14-20)15-26(46(4,42)43)29(24)40-12-11-27(39-40)31(2,3)17-37/h5-15,41H,16H2,1-4H3. The van der Waals surface area contributed by atoms with Gasteiger partial charge in [0.15, 0.2) is 21.5 Å². The van der Waals surface area contributed by atoms with E-state index in [2.05, 4.69) is 20.9 Å². The van der Waals surface area contributed by atoms with Crippen LogP contribution in [0.1, 0.15) is 31.0 Å². The maximum absolute atomic E-state index is 14.8. The van der Waals surface area contributed by atoms with E-state index in [4.69, 9.17) is 4.42 Å².